The highest BCUT2D eigenvalue weighted by molar-refractivity contribution is 4.60. The highest BCUT2D eigenvalue weighted by atomic mass is 19.3. The molecule has 0 saturated heterocycles. The van der Waals surface area contributed by atoms with Gasteiger partial charge in [-0.25, -0.2) is 8.78 Å². The standard InChI is InChI=1S/C5H10F2O/c1-3(2)4(8)5(6)7/h3-5,8H,1-2H3/t4-/m1/s1. The molecule has 0 aromatic rings. The Morgan fingerprint density at radius 1 is 1.25 bits per heavy atom. The summed E-state index contributed by atoms with van der Waals surface area (Å²) in [5.41, 5.74) is 0. The smallest absolute Gasteiger partial charge is 0.264 e. The zero-order valence-electron chi connectivity index (χ0n) is 4.94. The molecule has 1 N–H and O–H groups in total. The summed E-state index contributed by atoms with van der Waals surface area (Å²) in [6.45, 7) is 3.10. The molecule has 0 unspecified atom stereocenters. The number of alkyl halides is 2. The fourth-order valence-electron chi connectivity index (χ4n) is 0.291. The van der Waals surface area contributed by atoms with Crippen LogP contribution in [0.15, 0.2) is 0 Å². The van der Waals surface area contributed by atoms with Gasteiger partial charge < -0.3 is 5.11 Å². The summed E-state index contributed by atoms with van der Waals surface area (Å²) in [6.07, 6.45) is -4.06. The summed E-state index contributed by atoms with van der Waals surface area (Å²) in [7, 11) is 0. The molecule has 50 valence electrons. The molecule has 3 heteroatoms. The molecule has 1 atom stereocenters. The Kier molecular flexibility index (Phi) is 2.90. The number of hydrogen-bond donors (Lipinski definition) is 1. The summed E-state index contributed by atoms with van der Waals surface area (Å²) < 4.78 is 22.9. The van der Waals surface area contributed by atoms with E-state index in [0.717, 1.165) is 0 Å². The van der Waals surface area contributed by atoms with E-state index in [-0.39, 0.29) is 5.92 Å². The van der Waals surface area contributed by atoms with Crippen molar-refractivity contribution >= 4 is 0 Å². The maximum Gasteiger partial charge on any atom is 0.264 e. The van der Waals surface area contributed by atoms with E-state index in [2.05, 4.69) is 0 Å². The van der Waals surface area contributed by atoms with Crippen molar-refractivity contribution in [3.05, 3.63) is 0 Å². The third-order valence-electron chi connectivity index (χ3n) is 0.941. The van der Waals surface area contributed by atoms with Crippen molar-refractivity contribution < 1.29 is 13.9 Å². The van der Waals surface area contributed by atoms with Gasteiger partial charge in [0.1, 0.15) is 6.10 Å². The molecule has 0 radical (unpaired) electrons. The predicted molar refractivity (Wildman–Crippen MR) is 26.8 cm³/mol. The van der Waals surface area contributed by atoms with Gasteiger partial charge >= 0.3 is 0 Å². The molecule has 0 heterocycles. The summed E-state index contributed by atoms with van der Waals surface area (Å²) in [5, 5.41) is 8.45. The highest BCUT2D eigenvalue weighted by Crippen LogP contribution is 2.09. The summed E-state index contributed by atoms with van der Waals surface area (Å²) in [5.74, 6) is -0.352. The Hall–Kier alpha value is -0.180. The lowest BCUT2D eigenvalue weighted by Gasteiger charge is -2.11. The molecule has 0 saturated carbocycles. The van der Waals surface area contributed by atoms with Crippen molar-refractivity contribution in [2.24, 2.45) is 5.92 Å². The first kappa shape index (κ1) is 7.82. The Morgan fingerprint density at radius 3 is 1.62 bits per heavy atom. The van der Waals surface area contributed by atoms with Gasteiger partial charge in [-0.3, -0.25) is 0 Å². The molecule has 0 spiro atoms. The average molecular weight is 124 g/mol. The second kappa shape index (κ2) is 2.97. The summed E-state index contributed by atoms with van der Waals surface area (Å²) in [6, 6.07) is 0. The number of aliphatic hydroxyl groups excluding tert-OH is 1. The minimum absolute atomic E-state index is 0.352. The fourth-order valence-corrected chi connectivity index (χ4v) is 0.291. The van der Waals surface area contributed by atoms with E-state index in [1.807, 2.05) is 0 Å². The number of halogens is 2. The zero-order chi connectivity index (χ0) is 6.73. The maximum absolute atomic E-state index is 11.4. The van der Waals surface area contributed by atoms with Gasteiger partial charge in [-0.05, 0) is 5.92 Å². The van der Waals surface area contributed by atoms with Crippen LogP contribution < -0.4 is 0 Å². The van der Waals surface area contributed by atoms with Gasteiger partial charge in [0.05, 0.1) is 0 Å². The molecule has 1 nitrogen and oxygen atoms in total. The molecular weight excluding hydrogens is 114 g/mol. The quantitative estimate of drug-likeness (QED) is 0.587. The summed E-state index contributed by atoms with van der Waals surface area (Å²) in [4.78, 5) is 0. The van der Waals surface area contributed by atoms with Crippen LogP contribution in [0, 0.1) is 5.92 Å². The van der Waals surface area contributed by atoms with Crippen LogP contribution >= 0.6 is 0 Å². The van der Waals surface area contributed by atoms with E-state index >= 15 is 0 Å². The number of rotatable bonds is 2. The van der Waals surface area contributed by atoms with Crippen LogP contribution in [0.25, 0.3) is 0 Å². The van der Waals surface area contributed by atoms with Crippen LogP contribution in [0.1, 0.15) is 13.8 Å². The van der Waals surface area contributed by atoms with Crippen LogP contribution in [0.2, 0.25) is 0 Å². The minimum atomic E-state index is -2.60. The van der Waals surface area contributed by atoms with Crippen LogP contribution in [0.5, 0.6) is 0 Å². The summed E-state index contributed by atoms with van der Waals surface area (Å²) >= 11 is 0. The van der Waals surface area contributed by atoms with Crippen molar-refractivity contribution in [3.63, 3.8) is 0 Å². The molecule has 0 rings (SSSR count). The van der Waals surface area contributed by atoms with Gasteiger partial charge in [0.15, 0.2) is 0 Å². The van der Waals surface area contributed by atoms with Gasteiger partial charge in [-0.2, -0.15) is 0 Å². The Bertz CT molecular complexity index is 55.4. The lowest BCUT2D eigenvalue weighted by molar-refractivity contribution is -0.0300. The fraction of sp³-hybridized carbons (Fsp3) is 1.00. The van der Waals surface area contributed by atoms with E-state index in [1.54, 1.807) is 13.8 Å². The van der Waals surface area contributed by atoms with E-state index in [9.17, 15) is 8.78 Å². The number of hydrogen-bond acceptors (Lipinski definition) is 1. The van der Waals surface area contributed by atoms with Gasteiger partial charge in [0, 0.05) is 0 Å². The molecule has 0 aromatic carbocycles. The van der Waals surface area contributed by atoms with Crippen LogP contribution in [0.4, 0.5) is 8.78 Å². The average Bonchev–Trinajstić information content (AvgIpc) is 1.64. The van der Waals surface area contributed by atoms with Crippen molar-refractivity contribution in [2.75, 3.05) is 0 Å². The van der Waals surface area contributed by atoms with Gasteiger partial charge in [0.2, 0.25) is 0 Å². The monoisotopic (exact) mass is 124 g/mol. The Balaban J connectivity index is 3.46. The zero-order valence-corrected chi connectivity index (χ0v) is 4.94. The molecule has 0 fully saturated rings. The van der Waals surface area contributed by atoms with E-state index in [1.165, 1.54) is 0 Å². The second-order valence-corrected chi connectivity index (χ2v) is 2.07. The third-order valence-corrected chi connectivity index (χ3v) is 0.941. The van der Waals surface area contributed by atoms with Crippen molar-refractivity contribution in [1.82, 2.24) is 0 Å². The van der Waals surface area contributed by atoms with Gasteiger partial charge in [0.25, 0.3) is 6.43 Å². The van der Waals surface area contributed by atoms with Crippen LogP contribution in [-0.2, 0) is 0 Å². The molecule has 0 amide bonds. The normalized spacial score (nSPS) is 15.4. The SMILES string of the molecule is CC(C)[C@@H](O)C(F)F. The Morgan fingerprint density at radius 2 is 1.62 bits per heavy atom. The molecule has 0 aromatic heterocycles. The molecule has 0 aliphatic rings. The molecular formula is C5H10F2O. The maximum atomic E-state index is 11.4. The first-order chi connectivity index (χ1) is 3.55. The van der Waals surface area contributed by atoms with Gasteiger partial charge in [-0.1, -0.05) is 13.8 Å². The predicted octanol–water partition coefficient (Wildman–Crippen LogP) is 1.27. The lowest BCUT2D eigenvalue weighted by atomic mass is 10.1. The van der Waals surface area contributed by atoms with Gasteiger partial charge in [-0.15, -0.1) is 0 Å². The lowest BCUT2D eigenvalue weighted by Crippen LogP contribution is -2.23. The molecule has 8 heavy (non-hydrogen) atoms. The topological polar surface area (TPSA) is 20.2 Å². The number of aliphatic hydroxyl groups is 1. The van der Waals surface area contributed by atoms with Crippen LogP contribution in [-0.4, -0.2) is 17.6 Å². The highest BCUT2D eigenvalue weighted by Gasteiger charge is 2.19. The Labute approximate surface area is 47.3 Å². The van der Waals surface area contributed by atoms with Crippen LogP contribution in [0.3, 0.4) is 0 Å². The van der Waals surface area contributed by atoms with E-state index in [4.69, 9.17) is 5.11 Å². The van der Waals surface area contributed by atoms with Crippen molar-refractivity contribution in [2.45, 2.75) is 26.4 Å². The molecule has 0 bridgehead atoms. The molecule has 0 aliphatic heterocycles. The minimum Gasteiger partial charge on any atom is -0.387 e. The van der Waals surface area contributed by atoms with Crippen molar-refractivity contribution in [1.29, 1.82) is 0 Å². The van der Waals surface area contributed by atoms with E-state index < -0.39 is 12.5 Å². The first-order valence-corrected chi connectivity index (χ1v) is 2.52. The largest absolute Gasteiger partial charge is 0.387 e. The third kappa shape index (κ3) is 2.21. The first-order valence-electron chi connectivity index (χ1n) is 2.52. The molecule has 0 aliphatic carbocycles. The van der Waals surface area contributed by atoms with E-state index in [0.29, 0.717) is 0 Å². The van der Waals surface area contributed by atoms with Crippen molar-refractivity contribution in [3.8, 4) is 0 Å². The second-order valence-electron chi connectivity index (χ2n) is 2.07.